The van der Waals surface area contributed by atoms with E-state index < -0.39 is 0 Å². The van der Waals surface area contributed by atoms with Crippen molar-refractivity contribution in [2.75, 3.05) is 19.0 Å². The van der Waals surface area contributed by atoms with Crippen molar-refractivity contribution < 1.29 is 9.53 Å². The van der Waals surface area contributed by atoms with Gasteiger partial charge in [-0.05, 0) is 19.1 Å². The van der Waals surface area contributed by atoms with Crippen LogP contribution in [0.5, 0.6) is 0 Å². The topological polar surface area (TPSA) is 50.7 Å². The highest BCUT2D eigenvalue weighted by Gasteiger charge is 2.05. The fourth-order valence-electron chi connectivity index (χ4n) is 1.78. The van der Waals surface area contributed by atoms with Crippen LogP contribution in [0.15, 0.2) is 59.6 Å². The smallest absolute Gasteiger partial charge is 0.327 e. The standard InChI is InChI=1S/C17H18N2O2/c1-13-8-10-15(11-9-13)19-17(18-12-16(20)21-2)14-6-4-3-5-7-14/h3-11H,12H2,1-2H3,(H,18,19). The van der Waals surface area contributed by atoms with Gasteiger partial charge in [-0.3, -0.25) is 9.79 Å². The number of nitrogens with zero attached hydrogens (tertiary/aromatic N) is 1. The molecular weight excluding hydrogens is 264 g/mol. The molecule has 0 heterocycles. The predicted octanol–water partition coefficient (Wildman–Crippen LogP) is 3.03. The summed E-state index contributed by atoms with van der Waals surface area (Å²) in [4.78, 5) is 15.6. The SMILES string of the molecule is COC(=O)CN=C(Nc1ccc(C)cc1)c1ccccc1. The van der Waals surface area contributed by atoms with Gasteiger partial charge in [0.25, 0.3) is 0 Å². The Hall–Kier alpha value is -2.62. The Balaban J connectivity index is 2.23. The van der Waals surface area contributed by atoms with Crippen LogP contribution < -0.4 is 5.32 Å². The van der Waals surface area contributed by atoms with E-state index in [9.17, 15) is 4.79 Å². The molecule has 0 fully saturated rings. The number of nitrogens with one attached hydrogen (secondary N) is 1. The van der Waals surface area contributed by atoms with Crippen LogP contribution in [0.2, 0.25) is 0 Å². The Kier molecular flexibility index (Phi) is 5.10. The van der Waals surface area contributed by atoms with Gasteiger partial charge in [0.2, 0.25) is 0 Å². The minimum atomic E-state index is -0.367. The van der Waals surface area contributed by atoms with Gasteiger partial charge in [0.15, 0.2) is 0 Å². The summed E-state index contributed by atoms with van der Waals surface area (Å²) in [5.41, 5.74) is 3.03. The van der Waals surface area contributed by atoms with Crippen LogP contribution in [0.1, 0.15) is 11.1 Å². The Morgan fingerprint density at radius 1 is 1.10 bits per heavy atom. The number of anilines is 1. The van der Waals surface area contributed by atoms with Crippen molar-refractivity contribution in [1.29, 1.82) is 0 Å². The molecule has 0 aliphatic rings. The first-order chi connectivity index (χ1) is 10.2. The number of hydrogen-bond acceptors (Lipinski definition) is 3. The average molecular weight is 282 g/mol. The molecular formula is C17H18N2O2. The van der Waals surface area contributed by atoms with Gasteiger partial charge in [0.1, 0.15) is 12.4 Å². The van der Waals surface area contributed by atoms with Crippen molar-refractivity contribution >= 4 is 17.5 Å². The molecule has 0 aromatic heterocycles. The van der Waals surface area contributed by atoms with Gasteiger partial charge in [0, 0.05) is 11.3 Å². The van der Waals surface area contributed by atoms with Crippen LogP contribution in [0, 0.1) is 6.92 Å². The number of carbonyl (C=O) groups is 1. The quantitative estimate of drug-likeness (QED) is 0.533. The lowest BCUT2D eigenvalue weighted by atomic mass is 10.2. The summed E-state index contributed by atoms with van der Waals surface area (Å²) in [5.74, 6) is 0.277. The largest absolute Gasteiger partial charge is 0.468 e. The first kappa shape index (κ1) is 14.8. The monoisotopic (exact) mass is 282 g/mol. The van der Waals surface area contributed by atoms with Crippen molar-refractivity contribution in [3.05, 3.63) is 65.7 Å². The molecule has 0 saturated heterocycles. The van der Waals surface area contributed by atoms with E-state index >= 15 is 0 Å². The van der Waals surface area contributed by atoms with E-state index in [0.29, 0.717) is 5.84 Å². The van der Waals surface area contributed by atoms with E-state index in [1.54, 1.807) is 0 Å². The lowest BCUT2D eigenvalue weighted by Gasteiger charge is -2.10. The van der Waals surface area contributed by atoms with Gasteiger partial charge < -0.3 is 10.1 Å². The number of benzene rings is 2. The highest BCUT2D eigenvalue weighted by atomic mass is 16.5. The maximum atomic E-state index is 11.3. The molecule has 0 atom stereocenters. The van der Waals surface area contributed by atoms with E-state index in [1.807, 2.05) is 61.5 Å². The third kappa shape index (κ3) is 4.45. The molecule has 108 valence electrons. The first-order valence-electron chi connectivity index (χ1n) is 6.69. The summed E-state index contributed by atoms with van der Waals surface area (Å²) in [6, 6.07) is 17.7. The zero-order valence-corrected chi connectivity index (χ0v) is 12.2. The highest BCUT2D eigenvalue weighted by molar-refractivity contribution is 6.08. The van der Waals surface area contributed by atoms with E-state index in [4.69, 9.17) is 0 Å². The highest BCUT2D eigenvalue weighted by Crippen LogP contribution is 2.11. The van der Waals surface area contributed by atoms with E-state index in [-0.39, 0.29) is 12.5 Å². The maximum Gasteiger partial charge on any atom is 0.327 e. The third-order valence-electron chi connectivity index (χ3n) is 2.96. The lowest BCUT2D eigenvalue weighted by molar-refractivity contribution is -0.138. The summed E-state index contributed by atoms with van der Waals surface area (Å²) >= 11 is 0. The molecule has 21 heavy (non-hydrogen) atoms. The zero-order chi connectivity index (χ0) is 15.1. The summed E-state index contributed by atoms with van der Waals surface area (Å²) < 4.78 is 4.63. The van der Waals surface area contributed by atoms with Gasteiger partial charge in [-0.2, -0.15) is 0 Å². The minimum absolute atomic E-state index is 0.0143. The zero-order valence-electron chi connectivity index (χ0n) is 12.2. The van der Waals surface area contributed by atoms with Crippen LogP contribution >= 0.6 is 0 Å². The molecule has 4 nitrogen and oxygen atoms in total. The molecule has 0 unspecified atom stereocenters. The van der Waals surface area contributed by atoms with E-state index in [1.165, 1.54) is 12.7 Å². The summed E-state index contributed by atoms with van der Waals surface area (Å²) in [6.07, 6.45) is 0. The summed E-state index contributed by atoms with van der Waals surface area (Å²) in [7, 11) is 1.35. The van der Waals surface area contributed by atoms with Crippen molar-refractivity contribution in [3.8, 4) is 0 Å². The number of amidine groups is 1. The van der Waals surface area contributed by atoms with Crippen molar-refractivity contribution in [1.82, 2.24) is 0 Å². The van der Waals surface area contributed by atoms with E-state index in [2.05, 4.69) is 15.0 Å². The second kappa shape index (κ2) is 7.24. The first-order valence-corrected chi connectivity index (χ1v) is 6.69. The molecule has 2 rings (SSSR count). The minimum Gasteiger partial charge on any atom is -0.468 e. The van der Waals surface area contributed by atoms with Crippen molar-refractivity contribution in [2.24, 2.45) is 4.99 Å². The van der Waals surface area contributed by atoms with Gasteiger partial charge in [0.05, 0.1) is 7.11 Å². The van der Waals surface area contributed by atoms with Crippen molar-refractivity contribution in [3.63, 3.8) is 0 Å². The molecule has 2 aromatic rings. The summed E-state index contributed by atoms with van der Waals surface area (Å²) in [6.45, 7) is 2.02. The second-order valence-electron chi connectivity index (χ2n) is 4.60. The van der Waals surface area contributed by atoms with Crippen LogP contribution in [0.3, 0.4) is 0 Å². The Morgan fingerprint density at radius 3 is 2.38 bits per heavy atom. The van der Waals surface area contributed by atoms with Crippen LogP contribution in [-0.4, -0.2) is 25.5 Å². The average Bonchev–Trinajstić information content (AvgIpc) is 2.53. The predicted molar refractivity (Wildman–Crippen MR) is 84.7 cm³/mol. The summed E-state index contributed by atoms with van der Waals surface area (Å²) in [5, 5.41) is 3.24. The van der Waals surface area contributed by atoms with Crippen LogP contribution in [0.25, 0.3) is 0 Å². The fraction of sp³-hybridized carbons (Fsp3) is 0.176. The number of aryl methyl sites for hydroxylation is 1. The lowest BCUT2D eigenvalue weighted by Crippen LogP contribution is -2.16. The number of methoxy groups -OCH3 is 1. The Bertz CT molecular complexity index is 619. The Morgan fingerprint density at radius 2 is 1.76 bits per heavy atom. The number of ether oxygens (including phenoxy) is 1. The normalized spacial score (nSPS) is 11.0. The third-order valence-corrected chi connectivity index (χ3v) is 2.96. The number of esters is 1. The van der Waals surface area contributed by atoms with Crippen LogP contribution in [0.4, 0.5) is 5.69 Å². The molecule has 1 N–H and O–H groups in total. The molecule has 2 aromatic carbocycles. The maximum absolute atomic E-state index is 11.3. The van der Waals surface area contributed by atoms with Gasteiger partial charge in [-0.25, -0.2) is 0 Å². The van der Waals surface area contributed by atoms with E-state index in [0.717, 1.165) is 11.3 Å². The number of aliphatic imine (C=N–C) groups is 1. The number of hydrogen-bond donors (Lipinski definition) is 1. The van der Waals surface area contributed by atoms with Gasteiger partial charge in [-0.15, -0.1) is 0 Å². The second-order valence-corrected chi connectivity index (χ2v) is 4.60. The molecule has 4 heteroatoms. The van der Waals surface area contributed by atoms with Crippen molar-refractivity contribution in [2.45, 2.75) is 6.92 Å². The Labute approximate surface area is 124 Å². The number of carbonyl (C=O) groups excluding carboxylic acids is 1. The molecule has 0 aliphatic heterocycles. The van der Waals surface area contributed by atoms with Gasteiger partial charge in [-0.1, -0.05) is 48.0 Å². The molecule has 0 aliphatic carbocycles. The molecule has 0 radical (unpaired) electrons. The molecule has 0 spiro atoms. The van der Waals surface area contributed by atoms with Gasteiger partial charge >= 0.3 is 5.97 Å². The molecule has 0 saturated carbocycles. The fourth-order valence-corrected chi connectivity index (χ4v) is 1.78. The number of rotatable bonds is 4. The molecule has 0 amide bonds. The van der Waals surface area contributed by atoms with Crippen LogP contribution in [-0.2, 0) is 9.53 Å². The molecule has 0 bridgehead atoms.